The molecule has 0 bridgehead atoms. The number of hydrogen-bond acceptors (Lipinski definition) is 6. The highest BCUT2D eigenvalue weighted by atomic mass is 35.5. The minimum atomic E-state index is -4.88. The Morgan fingerprint density at radius 1 is 1.02 bits per heavy atom. The first-order valence-electron chi connectivity index (χ1n) is 13.7. The largest absolute Gasteiger partial charge is 0.573 e. The summed E-state index contributed by atoms with van der Waals surface area (Å²) in [6, 6.07) is 4.93. The zero-order valence-electron chi connectivity index (χ0n) is 25.4. The van der Waals surface area contributed by atoms with E-state index in [2.05, 4.69) is 23.0 Å². The van der Waals surface area contributed by atoms with Gasteiger partial charge in [-0.2, -0.15) is 5.10 Å². The summed E-state index contributed by atoms with van der Waals surface area (Å²) < 4.78 is 53.4. The molecule has 0 heterocycles. The van der Waals surface area contributed by atoms with Gasteiger partial charge in [0, 0.05) is 15.6 Å². The second kappa shape index (κ2) is 16.4. The van der Waals surface area contributed by atoms with Crippen molar-refractivity contribution < 1.29 is 32.2 Å². The molecule has 0 aliphatic heterocycles. The highest BCUT2D eigenvalue weighted by molar-refractivity contribution is 6.35. The van der Waals surface area contributed by atoms with Crippen molar-refractivity contribution in [3.63, 3.8) is 0 Å². The molecule has 0 amide bonds. The number of hydrazone groups is 1. The molecule has 0 atom stereocenters. The van der Waals surface area contributed by atoms with Crippen LogP contribution in [-0.4, -0.2) is 35.3 Å². The van der Waals surface area contributed by atoms with Crippen LogP contribution in [0.3, 0.4) is 0 Å². The zero-order chi connectivity index (χ0) is 33.1. The Kier molecular flexibility index (Phi) is 13.6. The summed E-state index contributed by atoms with van der Waals surface area (Å²) in [7, 11) is 0. The number of rotatable bonds is 13. The summed E-state index contributed by atoms with van der Waals surface area (Å²) in [6.45, 7) is 16.5. The third-order valence-corrected chi connectivity index (χ3v) is 5.99. The van der Waals surface area contributed by atoms with E-state index in [1.165, 1.54) is 11.1 Å². The summed E-state index contributed by atoms with van der Waals surface area (Å²) >= 11 is 12.4. The Hall–Kier alpha value is -3.69. The van der Waals surface area contributed by atoms with Crippen LogP contribution in [0.15, 0.2) is 107 Å². The highest BCUT2D eigenvalue weighted by Gasteiger charge is 2.31. The predicted octanol–water partition coefficient (Wildman–Crippen LogP) is 9.95. The highest BCUT2D eigenvalue weighted by Crippen LogP contribution is 2.25. The number of halogens is 5. The van der Waals surface area contributed by atoms with Gasteiger partial charge in [0.1, 0.15) is 18.0 Å². The monoisotopic (exact) mass is 652 g/mol. The maximum Gasteiger partial charge on any atom is 0.573 e. The Morgan fingerprint density at radius 2 is 1.64 bits per heavy atom. The molecule has 0 unspecified atom stereocenters. The lowest BCUT2D eigenvalue weighted by Crippen LogP contribution is -2.23. The number of hydrogen-bond donors (Lipinski definition) is 0. The topological polar surface area (TPSA) is 60.4 Å². The van der Waals surface area contributed by atoms with Crippen LogP contribution in [0, 0.1) is 0 Å². The maximum absolute atomic E-state index is 12.7. The number of carbonyl (C=O) groups is 1. The van der Waals surface area contributed by atoms with Gasteiger partial charge in [0.05, 0.1) is 17.8 Å². The number of esters is 1. The fraction of sp³-hybridized carbons (Fsp3) is 0.333. The minimum absolute atomic E-state index is 0.0876. The molecule has 1 aromatic rings. The van der Waals surface area contributed by atoms with Crippen molar-refractivity contribution in [2.24, 2.45) is 5.10 Å². The molecular weight excluding hydrogens is 616 g/mol. The minimum Gasteiger partial charge on any atom is -0.473 e. The molecule has 6 nitrogen and oxygen atoms in total. The SMILES string of the molecule is C=C(/C=C\C(=C/CC)N(/N=C(\C)c1cc(Cl)cc(Cl)c1)C(=C)OCC1=CCC=C(CC(=O)OC(C)(C)C)C=C1)OC(F)(F)F. The Bertz CT molecular complexity index is 1390. The fourth-order valence-corrected chi connectivity index (χ4v) is 4.27. The van der Waals surface area contributed by atoms with Gasteiger partial charge < -0.3 is 14.2 Å². The summed E-state index contributed by atoms with van der Waals surface area (Å²) in [5, 5.41) is 6.82. The van der Waals surface area contributed by atoms with Gasteiger partial charge in [0.2, 0.25) is 5.88 Å². The number of alkyl halides is 3. The van der Waals surface area contributed by atoms with Crippen LogP contribution in [0.1, 0.15) is 59.4 Å². The second-order valence-corrected chi connectivity index (χ2v) is 11.5. The second-order valence-electron chi connectivity index (χ2n) is 10.6. The van der Waals surface area contributed by atoms with Gasteiger partial charge in [-0.05, 0) is 88.6 Å². The lowest BCUT2D eigenvalue weighted by atomic mass is 10.1. The number of benzene rings is 1. The first-order chi connectivity index (χ1) is 20.5. The van der Waals surface area contributed by atoms with Crippen molar-refractivity contribution in [3.05, 3.63) is 118 Å². The third kappa shape index (κ3) is 13.7. The predicted molar refractivity (Wildman–Crippen MR) is 170 cm³/mol. The van der Waals surface area contributed by atoms with Crippen molar-refractivity contribution in [1.29, 1.82) is 0 Å². The van der Waals surface area contributed by atoms with Crippen LogP contribution < -0.4 is 0 Å². The van der Waals surface area contributed by atoms with Crippen molar-refractivity contribution in [1.82, 2.24) is 5.01 Å². The molecule has 11 heteroatoms. The van der Waals surface area contributed by atoms with E-state index in [1.807, 2.05) is 52.0 Å². The Morgan fingerprint density at radius 3 is 2.23 bits per heavy atom. The van der Waals surface area contributed by atoms with Crippen LogP contribution in [0.2, 0.25) is 10.0 Å². The molecule has 0 saturated carbocycles. The van der Waals surface area contributed by atoms with E-state index in [1.54, 1.807) is 31.2 Å². The fourth-order valence-electron chi connectivity index (χ4n) is 3.75. The van der Waals surface area contributed by atoms with E-state index in [0.29, 0.717) is 39.9 Å². The van der Waals surface area contributed by atoms with Crippen LogP contribution in [0.4, 0.5) is 13.2 Å². The van der Waals surface area contributed by atoms with E-state index >= 15 is 0 Å². The molecule has 0 spiro atoms. The van der Waals surface area contributed by atoms with Crippen molar-refractivity contribution in [3.8, 4) is 0 Å². The van der Waals surface area contributed by atoms with Gasteiger partial charge >= 0.3 is 12.3 Å². The number of allylic oxidation sites excluding steroid dienone is 6. The normalized spacial score (nSPS) is 14.5. The van der Waals surface area contributed by atoms with E-state index in [0.717, 1.165) is 17.2 Å². The average molecular weight is 654 g/mol. The molecule has 0 aromatic heterocycles. The van der Waals surface area contributed by atoms with Crippen LogP contribution in [-0.2, 0) is 19.0 Å². The van der Waals surface area contributed by atoms with Crippen molar-refractivity contribution in [2.45, 2.75) is 65.8 Å². The molecule has 238 valence electrons. The average Bonchev–Trinajstić information content (AvgIpc) is 3.10. The Balaban J connectivity index is 2.30. The third-order valence-electron chi connectivity index (χ3n) is 5.56. The molecular formula is C33H37Cl2F3N2O4. The summed E-state index contributed by atoms with van der Waals surface area (Å²) in [5.74, 6) is -0.848. The van der Waals surface area contributed by atoms with Gasteiger partial charge in [-0.25, -0.2) is 5.01 Å². The van der Waals surface area contributed by atoms with Gasteiger partial charge in [-0.3, -0.25) is 4.79 Å². The van der Waals surface area contributed by atoms with Gasteiger partial charge in [0.15, 0.2) is 0 Å². The molecule has 0 N–H and O–H groups in total. The van der Waals surface area contributed by atoms with Crippen LogP contribution >= 0.6 is 23.2 Å². The van der Waals surface area contributed by atoms with Gasteiger partial charge in [0.25, 0.3) is 0 Å². The van der Waals surface area contributed by atoms with E-state index in [9.17, 15) is 18.0 Å². The smallest absolute Gasteiger partial charge is 0.473 e. The van der Waals surface area contributed by atoms with E-state index in [-0.39, 0.29) is 24.9 Å². The zero-order valence-corrected chi connectivity index (χ0v) is 26.9. The lowest BCUT2D eigenvalue weighted by Gasteiger charge is -2.24. The standard InChI is InChI=1S/C33H37Cl2F3N2O4/c1-8-10-30(16-13-22(2)43-33(36,37)38)40(39-23(3)27-18-28(34)20-29(35)19-27)24(4)42-21-26-12-9-11-25(14-15-26)17-31(41)44-32(5,6)7/h10-16,18-20H,2,4,8-9,17,21H2,1,3,5-7H3/b16-13-,30-10+,39-23+. The molecule has 44 heavy (non-hydrogen) atoms. The van der Waals surface area contributed by atoms with E-state index in [4.69, 9.17) is 32.7 Å². The maximum atomic E-state index is 12.7. The van der Waals surface area contributed by atoms with Gasteiger partial charge in [-0.1, -0.05) is 67.1 Å². The first-order valence-corrected chi connectivity index (χ1v) is 14.5. The van der Waals surface area contributed by atoms with E-state index < -0.39 is 17.7 Å². The van der Waals surface area contributed by atoms with Crippen molar-refractivity contribution in [2.75, 3.05) is 6.61 Å². The Labute approximate surface area is 267 Å². The quantitative estimate of drug-likeness (QED) is 0.0698. The van der Waals surface area contributed by atoms with Crippen LogP contribution in [0.25, 0.3) is 0 Å². The summed E-state index contributed by atoms with van der Waals surface area (Å²) in [4.78, 5) is 12.3. The number of ether oxygens (including phenoxy) is 3. The summed E-state index contributed by atoms with van der Waals surface area (Å²) in [6.07, 6.45) is 8.04. The molecule has 0 fully saturated rings. The number of nitrogens with zero attached hydrogens (tertiary/aromatic N) is 2. The lowest BCUT2D eigenvalue weighted by molar-refractivity contribution is -0.303. The van der Waals surface area contributed by atoms with Crippen LogP contribution in [0.5, 0.6) is 0 Å². The molecule has 0 saturated heterocycles. The van der Waals surface area contributed by atoms with Crippen molar-refractivity contribution >= 4 is 34.9 Å². The molecule has 1 aliphatic rings. The summed E-state index contributed by atoms with van der Waals surface area (Å²) in [5.41, 5.74) is 2.49. The first kappa shape index (κ1) is 36.5. The number of carbonyl (C=O) groups excluding carboxylic acids is 1. The molecule has 1 aromatic carbocycles. The molecule has 0 radical (unpaired) electrons. The molecule has 1 aliphatic carbocycles. The van der Waals surface area contributed by atoms with Gasteiger partial charge in [-0.15, -0.1) is 13.2 Å². The molecule has 2 rings (SSSR count).